The minimum absolute atomic E-state index is 0. The van der Waals surface area contributed by atoms with Crippen LogP contribution in [-0.4, -0.2) is 0 Å². The number of benzene rings is 1. The summed E-state index contributed by atoms with van der Waals surface area (Å²) in [5.74, 6) is 1.08. The van der Waals surface area contributed by atoms with E-state index in [2.05, 4.69) is 79.1 Å². The number of rotatable bonds is 3. The van der Waals surface area contributed by atoms with Gasteiger partial charge >= 0.3 is 95.6 Å². The van der Waals surface area contributed by atoms with Crippen LogP contribution in [0.2, 0.25) is 0 Å². The van der Waals surface area contributed by atoms with E-state index >= 15 is 0 Å². The van der Waals surface area contributed by atoms with Crippen LogP contribution in [0.3, 0.4) is 0 Å². The van der Waals surface area contributed by atoms with Crippen molar-refractivity contribution in [1.29, 1.82) is 0 Å². The summed E-state index contributed by atoms with van der Waals surface area (Å²) in [5.41, 5.74) is 3.85. The summed E-state index contributed by atoms with van der Waals surface area (Å²) in [6.45, 7) is 8.84. The zero-order chi connectivity index (χ0) is 14.3. The van der Waals surface area contributed by atoms with Gasteiger partial charge in [0.1, 0.15) is 0 Å². The van der Waals surface area contributed by atoms with Gasteiger partial charge in [-0.3, -0.25) is 6.08 Å². The summed E-state index contributed by atoms with van der Waals surface area (Å²) in [5, 5.41) is 0. The molecule has 0 atom stereocenters. The Kier molecular flexibility index (Phi) is 13.4. The first kappa shape index (κ1) is 22.9. The maximum atomic E-state index is 4.35. The van der Waals surface area contributed by atoms with Crippen molar-refractivity contribution in [3.63, 3.8) is 0 Å². The van der Waals surface area contributed by atoms with Crippen LogP contribution < -0.4 is 24.8 Å². The molecule has 1 aromatic rings. The molecular formula is C17H22Cl2NV-. The van der Waals surface area contributed by atoms with Gasteiger partial charge in [0.25, 0.3) is 0 Å². The molecule has 0 bridgehead atoms. The van der Waals surface area contributed by atoms with Crippen molar-refractivity contribution in [2.75, 3.05) is 0 Å². The molecule has 0 amide bonds. The van der Waals surface area contributed by atoms with Crippen LogP contribution in [0.5, 0.6) is 0 Å². The largest absolute Gasteiger partial charge is 1.00 e. The minimum Gasteiger partial charge on any atom is -1.00 e. The zero-order valence-electron chi connectivity index (χ0n) is 13.0. The van der Waals surface area contributed by atoms with Crippen molar-refractivity contribution in [2.24, 2.45) is 3.79 Å². The van der Waals surface area contributed by atoms with Gasteiger partial charge in [0, 0.05) is 0 Å². The molecular weight excluding hydrogens is 340 g/mol. The molecule has 1 aromatic carbocycles. The third-order valence-electron chi connectivity index (χ3n) is 3.03. The van der Waals surface area contributed by atoms with E-state index in [0.717, 1.165) is 12.1 Å². The maximum Gasteiger partial charge on any atom is -0.109 e. The summed E-state index contributed by atoms with van der Waals surface area (Å²) in [4.78, 5) is 0. The molecule has 2 rings (SSSR count). The average Bonchev–Trinajstić information content (AvgIpc) is 2.96. The minimum atomic E-state index is 0. The number of nitrogens with zero attached hydrogens (tertiary/aromatic N) is 1. The van der Waals surface area contributed by atoms with E-state index in [9.17, 15) is 0 Å². The zero-order valence-corrected chi connectivity index (χ0v) is 15.9. The number of hydrogen-bond donors (Lipinski definition) is 0. The van der Waals surface area contributed by atoms with Gasteiger partial charge < -0.3 is 24.8 Å². The molecule has 0 aromatic heterocycles. The summed E-state index contributed by atoms with van der Waals surface area (Å²) in [6.07, 6.45) is 10.0. The van der Waals surface area contributed by atoms with Crippen LogP contribution in [0.1, 0.15) is 57.1 Å². The van der Waals surface area contributed by atoms with E-state index < -0.39 is 0 Å². The molecule has 1 aliphatic rings. The Labute approximate surface area is 150 Å². The van der Waals surface area contributed by atoms with Crippen LogP contribution in [0, 0.1) is 6.08 Å². The Bertz CT molecular complexity index is 443. The van der Waals surface area contributed by atoms with Crippen molar-refractivity contribution >= 4 is 5.69 Å². The van der Waals surface area contributed by atoms with Crippen LogP contribution in [0.25, 0.3) is 0 Å². The number of allylic oxidation sites excluding steroid dienone is 4. The molecule has 115 valence electrons. The van der Waals surface area contributed by atoms with Crippen LogP contribution in [-0.2, 0) is 17.2 Å². The van der Waals surface area contributed by atoms with Gasteiger partial charge in [0.2, 0.25) is 0 Å². The molecule has 0 heterocycles. The molecule has 0 unspecified atom stereocenters. The van der Waals surface area contributed by atoms with E-state index in [0.29, 0.717) is 11.8 Å². The van der Waals surface area contributed by atoms with Crippen molar-refractivity contribution in [1.82, 2.24) is 0 Å². The summed E-state index contributed by atoms with van der Waals surface area (Å²) in [7, 11) is 0. The van der Waals surface area contributed by atoms with Crippen molar-refractivity contribution in [2.45, 2.75) is 46.0 Å². The smallest absolute Gasteiger partial charge is 0.109 e. The monoisotopic (exact) mass is 361 g/mol. The molecule has 4 heteroatoms. The van der Waals surface area contributed by atoms with Gasteiger partial charge in [0.05, 0.1) is 0 Å². The van der Waals surface area contributed by atoms with Gasteiger partial charge in [-0.1, -0.05) is 0 Å². The van der Waals surface area contributed by atoms with E-state index in [1.165, 1.54) is 11.1 Å². The van der Waals surface area contributed by atoms with Crippen LogP contribution >= 0.6 is 0 Å². The molecule has 0 spiro atoms. The predicted molar refractivity (Wildman–Crippen MR) is 78.3 cm³/mol. The van der Waals surface area contributed by atoms with Gasteiger partial charge in [-0.2, -0.15) is 6.08 Å². The van der Waals surface area contributed by atoms with E-state index in [4.69, 9.17) is 0 Å². The maximum absolute atomic E-state index is 4.35. The quantitative estimate of drug-likeness (QED) is 0.650. The van der Waals surface area contributed by atoms with Gasteiger partial charge in [0.15, 0.2) is 0 Å². The molecule has 0 saturated heterocycles. The molecule has 0 fully saturated rings. The number of hydrogen-bond acceptors (Lipinski definition) is 1. The first-order valence-corrected chi connectivity index (χ1v) is 7.40. The summed E-state index contributed by atoms with van der Waals surface area (Å²) >= 11 is 2.33. The van der Waals surface area contributed by atoms with Crippen LogP contribution in [0.15, 0.2) is 40.2 Å². The Morgan fingerprint density at radius 2 is 1.57 bits per heavy atom. The first-order chi connectivity index (χ1) is 9.07. The topological polar surface area (TPSA) is 12.4 Å². The fourth-order valence-corrected chi connectivity index (χ4v) is 2.33. The summed E-state index contributed by atoms with van der Waals surface area (Å²) < 4.78 is 4.35. The standard InChI is InChI=1S/C12H17N.C5H5.2ClH.V/c1-8(2)10-6-5-7-11(9(3)4)12(10)13;1-2-4-5-3-1;;;/h5-9H,1-4H3;1-3H,4H2;2*1H;/q;-1;;;+2/p-2. The molecule has 1 aliphatic carbocycles. The molecule has 1 nitrogen and oxygen atoms in total. The fraction of sp³-hybridized carbons (Fsp3) is 0.412. The molecule has 0 radical (unpaired) electrons. The van der Waals surface area contributed by atoms with E-state index in [1.807, 2.05) is 12.2 Å². The Morgan fingerprint density at radius 1 is 1.05 bits per heavy atom. The van der Waals surface area contributed by atoms with Crippen molar-refractivity contribution in [3.8, 4) is 0 Å². The third-order valence-corrected chi connectivity index (χ3v) is 3.34. The SMILES string of the molecule is CC(C)c1cccc(C(C)C)c1[N]=[V+2].[C-]1=CC=CC1.[Cl-].[Cl-]. The van der Waals surface area contributed by atoms with Gasteiger partial charge in [-0.05, 0) is 0 Å². The first-order valence-electron chi connectivity index (χ1n) is 6.77. The van der Waals surface area contributed by atoms with Crippen LogP contribution in [0.4, 0.5) is 5.69 Å². The molecule has 0 N–H and O–H groups in total. The second kappa shape index (κ2) is 12.2. The average molecular weight is 362 g/mol. The molecule has 0 aliphatic heterocycles. The molecule has 0 saturated carbocycles. The molecule has 21 heavy (non-hydrogen) atoms. The van der Waals surface area contributed by atoms with E-state index in [1.54, 1.807) is 0 Å². The number of halogens is 2. The van der Waals surface area contributed by atoms with Crippen molar-refractivity contribution < 1.29 is 42.0 Å². The fourth-order valence-electron chi connectivity index (χ4n) is 1.97. The van der Waals surface area contributed by atoms with Gasteiger partial charge in [-0.15, -0.1) is 6.42 Å². The Balaban J connectivity index is 0. The third kappa shape index (κ3) is 7.47. The van der Waals surface area contributed by atoms with Crippen molar-refractivity contribution in [3.05, 3.63) is 53.6 Å². The van der Waals surface area contributed by atoms with E-state index in [-0.39, 0.29) is 24.8 Å². The Morgan fingerprint density at radius 3 is 1.81 bits per heavy atom. The normalized spacial score (nSPS) is 11.6. The second-order valence-electron chi connectivity index (χ2n) is 5.20. The second-order valence-corrected chi connectivity index (χ2v) is 5.51. The van der Waals surface area contributed by atoms with Gasteiger partial charge in [-0.25, -0.2) is 12.2 Å². The predicted octanol–water partition coefficient (Wildman–Crippen LogP) is -0.391. The summed E-state index contributed by atoms with van der Waals surface area (Å²) in [6, 6.07) is 6.47. The Hall–Kier alpha value is -0.336.